The first-order chi connectivity index (χ1) is 15.6. The summed E-state index contributed by atoms with van der Waals surface area (Å²) in [6.45, 7) is -0.130. The second-order valence-corrected chi connectivity index (χ2v) is 7.58. The van der Waals surface area contributed by atoms with Crippen LogP contribution in [0.3, 0.4) is 0 Å². The first-order valence-corrected chi connectivity index (χ1v) is 10.3. The Morgan fingerprint density at radius 2 is 1.61 bits per heavy atom. The number of hydrogen-bond acceptors (Lipinski definition) is 3. The highest BCUT2D eigenvalue weighted by atomic mass is 19.4. The summed E-state index contributed by atoms with van der Waals surface area (Å²) in [6.07, 6.45) is -10.2. The molecule has 0 spiro atoms. The molecule has 1 saturated heterocycles. The minimum absolute atomic E-state index is 0.102. The fourth-order valence-corrected chi connectivity index (χ4v) is 3.80. The van der Waals surface area contributed by atoms with Crippen molar-refractivity contribution in [2.45, 2.75) is 37.4 Å². The Labute approximate surface area is 187 Å². The maximum Gasteiger partial charge on any atom is 0.416 e. The van der Waals surface area contributed by atoms with Gasteiger partial charge in [0.25, 0.3) is 0 Å². The maximum absolute atomic E-state index is 13.1. The van der Waals surface area contributed by atoms with Crippen molar-refractivity contribution in [3.05, 3.63) is 70.8 Å². The lowest BCUT2D eigenvalue weighted by Crippen LogP contribution is -2.36. The van der Waals surface area contributed by atoms with E-state index < -0.39 is 29.8 Å². The molecule has 0 amide bonds. The summed E-state index contributed by atoms with van der Waals surface area (Å²) in [5.41, 5.74) is -1.98. The molecular formula is C24H22F6O3. The van der Waals surface area contributed by atoms with Gasteiger partial charge in [-0.25, -0.2) is 0 Å². The van der Waals surface area contributed by atoms with Crippen molar-refractivity contribution in [3.63, 3.8) is 0 Å². The average Bonchev–Trinajstić information content (AvgIpc) is 2.77. The zero-order valence-electron chi connectivity index (χ0n) is 17.4. The quantitative estimate of drug-likeness (QED) is 0.466. The predicted molar refractivity (Wildman–Crippen MR) is 108 cm³/mol. The minimum Gasteiger partial charge on any atom is -0.384 e. The van der Waals surface area contributed by atoms with Crippen LogP contribution < -0.4 is 0 Å². The molecular weight excluding hydrogens is 450 g/mol. The van der Waals surface area contributed by atoms with E-state index in [-0.39, 0.29) is 43.1 Å². The first-order valence-electron chi connectivity index (χ1n) is 10.3. The van der Waals surface area contributed by atoms with Crippen LogP contribution in [-0.4, -0.2) is 31.2 Å². The average molecular weight is 472 g/mol. The smallest absolute Gasteiger partial charge is 0.384 e. The first kappa shape index (κ1) is 25.1. The summed E-state index contributed by atoms with van der Waals surface area (Å²) < 4.78 is 90.0. The Kier molecular flexibility index (Phi) is 8.05. The molecule has 1 heterocycles. The van der Waals surface area contributed by atoms with Gasteiger partial charge in [0.2, 0.25) is 0 Å². The van der Waals surface area contributed by atoms with E-state index in [0.29, 0.717) is 25.2 Å². The highest BCUT2D eigenvalue weighted by Gasteiger charge is 2.37. The fraction of sp³-hybridized carbons (Fsp3) is 0.417. The van der Waals surface area contributed by atoms with Crippen LogP contribution in [0, 0.1) is 17.8 Å². The van der Waals surface area contributed by atoms with Crippen molar-refractivity contribution in [2.24, 2.45) is 5.92 Å². The molecule has 2 aromatic rings. The molecule has 0 saturated carbocycles. The third-order valence-corrected chi connectivity index (χ3v) is 5.31. The molecule has 1 aliphatic rings. The SMILES string of the molecule is OCC#C[C@@H]1CCOC(OCCc2cc(C(F)(F)F)cc(C(F)(F)F)c2)[C@H]1c1ccccc1. The van der Waals surface area contributed by atoms with Crippen molar-refractivity contribution in [1.29, 1.82) is 0 Å². The number of aliphatic hydroxyl groups excluding tert-OH is 1. The Morgan fingerprint density at radius 1 is 0.970 bits per heavy atom. The lowest BCUT2D eigenvalue weighted by atomic mass is 9.82. The lowest BCUT2D eigenvalue weighted by Gasteiger charge is -2.36. The van der Waals surface area contributed by atoms with Gasteiger partial charge in [0.05, 0.1) is 24.3 Å². The molecule has 3 atom stereocenters. The van der Waals surface area contributed by atoms with Crippen LogP contribution in [0.5, 0.6) is 0 Å². The van der Waals surface area contributed by atoms with Crippen LogP contribution in [0.15, 0.2) is 48.5 Å². The molecule has 0 bridgehead atoms. The van der Waals surface area contributed by atoms with E-state index in [1.54, 1.807) is 0 Å². The number of alkyl halides is 6. The van der Waals surface area contributed by atoms with Crippen molar-refractivity contribution >= 4 is 0 Å². The summed E-state index contributed by atoms with van der Waals surface area (Å²) in [4.78, 5) is 0. The van der Waals surface area contributed by atoms with E-state index in [9.17, 15) is 26.3 Å². The van der Waals surface area contributed by atoms with Crippen LogP contribution in [-0.2, 0) is 28.2 Å². The van der Waals surface area contributed by atoms with E-state index in [1.165, 1.54) is 0 Å². The van der Waals surface area contributed by atoms with Crippen molar-refractivity contribution in [2.75, 3.05) is 19.8 Å². The zero-order chi connectivity index (χ0) is 24.1. The minimum atomic E-state index is -4.90. The van der Waals surface area contributed by atoms with Gasteiger partial charge >= 0.3 is 12.4 Å². The third-order valence-electron chi connectivity index (χ3n) is 5.31. The van der Waals surface area contributed by atoms with Gasteiger partial charge in [-0.15, -0.1) is 0 Å². The van der Waals surface area contributed by atoms with Crippen LogP contribution in [0.2, 0.25) is 0 Å². The fourth-order valence-electron chi connectivity index (χ4n) is 3.80. The molecule has 178 valence electrons. The largest absolute Gasteiger partial charge is 0.416 e. The summed E-state index contributed by atoms with van der Waals surface area (Å²) >= 11 is 0. The molecule has 0 aliphatic carbocycles. The maximum atomic E-state index is 13.1. The third kappa shape index (κ3) is 6.73. The molecule has 2 aromatic carbocycles. The molecule has 0 aromatic heterocycles. The lowest BCUT2D eigenvalue weighted by molar-refractivity contribution is -0.181. The molecule has 3 rings (SSSR count). The van der Waals surface area contributed by atoms with E-state index in [1.807, 2.05) is 30.3 Å². The number of ether oxygens (including phenoxy) is 2. The van der Waals surface area contributed by atoms with Gasteiger partial charge < -0.3 is 14.6 Å². The summed E-state index contributed by atoms with van der Waals surface area (Å²) in [5, 5.41) is 9.05. The van der Waals surface area contributed by atoms with Crippen molar-refractivity contribution in [3.8, 4) is 11.8 Å². The monoisotopic (exact) mass is 472 g/mol. The molecule has 0 radical (unpaired) electrons. The van der Waals surface area contributed by atoms with Gasteiger partial charge in [-0.3, -0.25) is 0 Å². The van der Waals surface area contributed by atoms with Gasteiger partial charge in [0.1, 0.15) is 6.61 Å². The Bertz CT molecular complexity index is 943. The van der Waals surface area contributed by atoms with E-state index >= 15 is 0 Å². The second-order valence-electron chi connectivity index (χ2n) is 7.58. The molecule has 1 aliphatic heterocycles. The van der Waals surface area contributed by atoms with Gasteiger partial charge in [0.15, 0.2) is 6.29 Å². The summed E-state index contributed by atoms with van der Waals surface area (Å²) in [7, 11) is 0. The predicted octanol–water partition coefficient (Wildman–Crippen LogP) is 5.43. The van der Waals surface area contributed by atoms with Gasteiger partial charge in [0, 0.05) is 11.8 Å². The number of halogens is 6. The van der Waals surface area contributed by atoms with Crippen LogP contribution >= 0.6 is 0 Å². The van der Waals surface area contributed by atoms with E-state index in [4.69, 9.17) is 14.6 Å². The van der Waals surface area contributed by atoms with Crippen LogP contribution in [0.1, 0.15) is 34.6 Å². The van der Waals surface area contributed by atoms with Crippen molar-refractivity contribution in [1.82, 2.24) is 0 Å². The number of aliphatic hydroxyl groups is 1. The Hall–Kier alpha value is -2.54. The number of hydrogen-bond donors (Lipinski definition) is 1. The van der Waals surface area contributed by atoms with E-state index in [2.05, 4.69) is 11.8 Å². The normalized spacial score (nSPS) is 21.4. The number of rotatable bonds is 5. The standard InChI is InChI=1S/C24H22F6O3/c25-23(26,27)19-13-16(14-20(15-19)24(28,29)30)8-11-32-22-21(17-5-2-1-3-6-17)18(7-4-10-31)9-12-33-22/h1-3,5-6,13-15,18,21-22,31H,8-12H2/t18-,21+,22?/m1/s1. The van der Waals surface area contributed by atoms with E-state index in [0.717, 1.165) is 5.56 Å². The summed E-state index contributed by atoms with van der Waals surface area (Å²) in [5.74, 6) is 5.12. The molecule has 3 nitrogen and oxygen atoms in total. The molecule has 1 fully saturated rings. The second kappa shape index (κ2) is 10.6. The Balaban J connectivity index is 1.78. The molecule has 33 heavy (non-hydrogen) atoms. The zero-order valence-corrected chi connectivity index (χ0v) is 17.4. The summed E-state index contributed by atoms with van der Waals surface area (Å²) in [6, 6.07) is 10.7. The Morgan fingerprint density at radius 3 is 2.18 bits per heavy atom. The molecule has 1 N–H and O–H groups in total. The topological polar surface area (TPSA) is 38.7 Å². The van der Waals surface area contributed by atoms with Crippen molar-refractivity contribution < 1.29 is 40.9 Å². The van der Waals surface area contributed by atoms with Gasteiger partial charge in [-0.05, 0) is 42.2 Å². The van der Waals surface area contributed by atoms with Crippen LogP contribution in [0.25, 0.3) is 0 Å². The highest BCUT2D eigenvalue weighted by Crippen LogP contribution is 2.38. The number of benzene rings is 2. The van der Waals surface area contributed by atoms with Crippen LogP contribution in [0.4, 0.5) is 26.3 Å². The molecule has 1 unspecified atom stereocenters. The molecule has 9 heteroatoms. The van der Waals surface area contributed by atoms with Gasteiger partial charge in [-0.2, -0.15) is 26.3 Å². The highest BCUT2D eigenvalue weighted by molar-refractivity contribution is 5.34. The van der Waals surface area contributed by atoms with Gasteiger partial charge in [-0.1, -0.05) is 42.2 Å².